The number of fused-ring (bicyclic) bond motifs is 5. The van der Waals surface area contributed by atoms with E-state index in [0.29, 0.717) is 10.6 Å². The van der Waals surface area contributed by atoms with Crippen molar-refractivity contribution in [3.8, 4) is 0 Å². The molecule has 4 nitrogen and oxygen atoms in total. The third-order valence-corrected chi connectivity index (χ3v) is 7.55. The second-order valence-electron chi connectivity index (χ2n) is 6.40. The maximum absolute atomic E-state index is 13.2. The van der Waals surface area contributed by atoms with E-state index in [1.54, 1.807) is 35.1 Å². The second-order valence-corrected chi connectivity index (χ2v) is 9.36. The van der Waals surface area contributed by atoms with Gasteiger partial charge in [0.25, 0.3) is 0 Å². The monoisotopic (exact) mass is 378 g/mol. The molecule has 1 aromatic heterocycles. The van der Waals surface area contributed by atoms with Crippen LogP contribution >= 0.6 is 11.3 Å². The number of thiazole rings is 1. The number of benzene rings is 2. The molecule has 128 valence electrons. The predicted octanol–water partition coefficient (Wildman–Crippen LogP) is 4.49. The van der Waals surface area contributed by atoms with Gasteiger partial charge in [-0.2, -0.15) is 0 Å². The molecule has 0 saturated heterocycles. The van der Waals surface area contributed by atoms with Crippen molar-refractivity contribution in [2.24, 2.45) is 4.99 Å². The Kier molecular flexibility index (Phi) is 3.29. The Bertz CT molecular complexity index is 1250. The molecule has 0 fully saturated rings. The number of sulfone groups is 1. The van der Waals surface area contributed by atoms with Crippen LogP contribution in [0.5, 0.6) is 0 Å². The van der Waals surface area contributed by atoms with Crippen LogP contribution in [0.25, 0.3) is 15.8 Å². The highest BCUT2D eigenvalue weighted by molar-refractivity contribution is 7.93. The number of allylic oxidation sites excluding steroid dienone is 3. The van der Waals surface area contributed by atoms with Crippen LogP contribution in [0.4, 0.5) is 5.69 Å². The Morgan fingerprint density at radius 1 is 1.08 bits per heavy atom. The molecule has 1 aliphatic carbocycles. The quantitative estimate of drug-likeness (QED) is 0.660. The van der Waals surface area contributed by atoms with Crippen molar-refractivity contribution in [2.45, 2.75) is 17.1 Å². The largest absolute Gasteiger partial charge is 0.248 e. The Morgan fingerprint density at radius 2 is 1.88 bits per heavy atom. The average Bonchev–Trinajstić information content (AvgIpc) is 3.25. The first-order chi connectivity index (χ1) is 12.6. The summed E-state index contributed by atoms with van der Waals surface area (Å²) < 4.78 is 27.5. The number of aryl methyl sites for hydroxylation is 1. The molecule has 2 aromatic carbocycles. The molecule has 1 atom stereocenters. The Labute approximate surface area is 155 Å². The van der Waals surface area contributed by atoms with Crippen molar-refractivity contribution in [3.63, 3.8) is 0 Å². The molecule has 1 aliphatic heterocycles. The van der Waals surface area contributed by atoms with E-state index >= 15 is 0 Å². The zero-order valence-corrected chi connectivity index (χ0v) is 15.5. The number of hydrogen-bond acceptors (Lipinski definition) is 5. The van der Waals surface area contributed by atoms with Gasteiger partial charge in [0.2, 0.25) is 0 Å². The van der Waals surface area contributed by atoms with Crippen molar-refractivity contribution in [1.82, 2.24) is 4.98 Å². The van der Waals surface area contributed by atoms with Crippen LogP contribution in [0, 0.1) is 6.92 Å². The molecule has 0 saturated carbocycles. The summed E-state index contributed by atoms with van der Waals surface area (Å²) in [6.45, 7) is 1.94. The van der Waals surface area contributed by atoms with Gasteiger partial charge in [-0.1, -0.05) is 42.0 Å². The van der Waals surface area contributed by atoms with Gasteiger partial charge in [0.15, 0.2) is 9.84 Å². The molecule has 2 heterocycles. The molecule has 0 bridgehead atoms. The summed E-state index contributed by atoms with van der Waals surface area (Å²) in [5.74, 6) is 0. The fraction of sp³-hybridized carbons (Fsp3) is 0.100. The molecular weight excluding hydrogens is 364 g/mol. The maximum Gasteiger partial charge on any atom is 0.190 e. The van der Waals surface area contributed by atoms with Crippen LogP contribution in [0.1, 0.15) is 11.1 Å². The average molecular weight is 378 g/mol. The van der Waals surface area contributed by atoms with Crippen molar-refractivity contribution in [2.75, 3.05) is 0 Å². The van der Waals surface area contributed by atoms with Crippen LogP contribution in [0.15, 0.2) is 70.0 Å². The van der Waals surface area contributed by atoms with Crippen LogP contribution in [0.3, 0.4) is 0 Å². The summed E-state index contributed by atoms with van der Waals surface area (Å²) >= 11 is 1.56. The van der Waals surface area contributed by atoms with Gasteiger partial charge in [-0.3, -0.25) is 0 Å². The summed E-state index contributed by atoms with van der Waals surface area (Å²) in [4.78, 5) is 9.46. The van der Waals surface area contributed by atoms with Gasteiger partial charge in [0.05, 0.1) is 26.5 Å². The minimum atomic E-state index is -3.57. The first-order valence-electron chi connectivity index (χ1n) is 8.20. The van der Waals surface area contributed by atoms with E-state index in [9.17, 15) is 8.42 Å². The summed E-state index contributed by atoms with van der Waals surface area (Å²) in [6, 6.07) is 11.0. The van der Waals surface area contributed by atoms with E-state index in [1.165, 1.54) is 0 Å². The lowest BCUT2D eigenvalue weighted by Gasteiger charge is -2.18. The maximum atomic E-state index is 13.2. The third-order valence-electron chi connectivity index (χ3n) is 4.78. The van der Waals surface area contributed by atoms with Gasteiger partial charge >= 0.3 is 0 Å². The minimum absolute atomic E-state index is 0.316. The lowest BCUT2D eigenvalue weighted by molar-refractivity contribution is 0.595. The van der Waals surface area contributed by atoms with Crippen LogP contribution in [-0.2, 0) is 9.84 Å². The summed E-state index contributed by atoms with van der Waals surface area (Å²) in [5, 5.41) is -0.786. The number of hydrogen-bond donors (Lipinski definition) is 0. The summed E-state index contributed by atoms with van der Waals surface area (Å²) in [5.41, 5.74) is 6.84. The molecule has 2 aliphatic rings. The molecule has 0 radical (unpaired) electrons. The van der Waals surface area contributed by atoms with E-state index in [0.717, 1.165) is 32.6 Å². The molecule has 6 heteroatoms. The van der Waals surface area contributed by atoms with E-state index in [2.05, 4.69) is 4.98 Å². The molecule has 0 amide bonds. The highest BCUT2D eigenvalue weighted by Crippen LogP contribution is 2.44. The molecule has 1 unspecified atom stereocenters. The van der Waals surface area contributed by atoms with Gasteiger partial charge in [-0.15, -0.1) is 11.3 Å². The predicted molar refractivity (Wildman–Crippen MR) is 106 cm³/mol. The van der Waals surface area contributed by atoms with E-state index in [4.69, 9.17) is 4.99 Å². The van der Waals surface area contributed by atoms with E-state index in [1.807, 2.05) is 43.3 Å². The van der Waals surface area contributed by atoms with Crippen LogP contribution < -0.4 is 0 Å². The molecule has 5 rings (SSSR count). The lowest BCUT2D eigenvalue weighted by atomic mass is 9.97. The van der Waals surface area contributed by atoms with Gasteiger partial charge in [-0.25, -0.2) is 18.4 Å². The summed E-state index contributed by atoms with van der Waals surface area (Å²) in [6.07, 6.45) is 5.46. The second kappa shape index (κ2) is 5.46. The smallest absolute Gasteiger partial charge is 0.190 e. The SMILES string of the molecule is Cc1ccc(S(=O)(=O)C2C=CC=C3C2=Nc2c3ccc3scnc23)cc1. The van der Waals surface area contributed by atoms with Crippen LogP contribution in [-0.4, -0.2) is 24.4 Å². The highest BCUT2D eigenvalue weighted by atomic mass is 32.2. The topological polar surface area (TPSA) is 59.4 Å². The fourth-order valence-corrected chi connectivity index (χ4v) is 5.69. The highest BCUT2D eigenvalue weighted by Gasteiger charge is 2.37. The summed E-state index contributed by atoms with van der Waals surface area (Å²) in [7, 11) is -3.57. The third kappa shape index (κ3) is 2.15. The minimum Gasteiger partial charge on any atom is -0.248 e. The number of aliphatic imine (C=N–C) groups is 1. The number of aromatic nitrogens is 1. The molecule has 26 heavy (non-hydrogen) atoms. The number of rotatable bonds is 2. The fourth-order valence-electron chi connectivity index (χ4n) is 3.43. The van der Waals surface area contributed by atoms with Crippen molar-refractivity contribution in [3.05, 3.63) is 71.3 Å². The first kappa shape index (κ1) is 15.7. The zero-order chi connectivity index (χ0) is 17.9. The Morgan fingerprint density at radius 3 is 2.69 bits per heavy atom. The van der Waals surface area contributed by atoms with E-state index in [-0.39, 0.29) is 0 Å². The van der Waals surface area contributed by atoms with Crippen molar-refractivity contribution in [1.29, 1.82) is 0 Å². The van der Waals surface area contributed by atoms with Crippen molar-refractivity contribution < 1.29 is 8.42 Å². The molecule has 3 aromatic rings. The molecule has 0 N–H and O–H groups in total. The normalized spacial score (nSPS) is 18.4. The van der Waals surface area contributed by atoms with Gasteiger partial charge in [0.1, 0.15) is 10.8 Å². The van der Waals surface area contributed by atoms with Crippen molar-refractivity contribution >= 4 is 48.4 Å². The van der Waals surface area contributed by atoms with Gasteiger partial charge in [0, 0.05) is 11.1 Å². The molecule has 0 spiro atoms. The van der Waals surface area contributed by atoms with Gasteiger partial charge in [-0.05, 0) is 25.1 Å². The standard InChI is InChI=1S/C20H14N2O2S2/c1-12-5-7-13(8-6-12)26(23,24)17-4-2-3-14-15-9-10-16-20(21-11-25-16)19(15)22-18(14)17/h2-11,17H,1H3. The van der Waals surface area contributed by atoms with E-state index < -0.39 is 15.1 Å². The molecular formula is C20H14N2O2S2. The Balaban J connectivity index is 1.67. The van der Waals surface area contributed by atoms with Gasteiger partial charge < -0.3 is 0 Å². The van der Waals surface area contributed by atoms with Crippen LogP contribution in [0.2, 0.25) is 0 Å². The Hall–Kier alpha value is -2.57. The lowest BCUT2D eigenvalue weighted by Crippen LogP contribution is -2.29. The first-order valence-corrected chi connectivity index (χ1v) is 10.6. The zero-order valence-electron chi connectivity index (χ0n) is 13.9. The number of nitrogens with zero attached hydrogens (tertiary/aromatic N) is 2.